The van der Waals surface area contributed by atoms with Crippen molar-refractivity contribution in [3.8, 4) is 11.5 Å². The number of amides is 1. The van der Waals surface area contributed by atoms with Gasteiger partial charge in [0.1, 0.15) is 5.76 Å². The molecule has 4 heteroatoms. The second kappa shape index (κ2) is 6.48. The van der Waals surface area contributed by atoms with E-state index in [1.807, 2.05) is 54.6 Å². The van der Waals surface area contributed by atoms with E-state index in [4.69, 9.17) is 4.42 Å². The number of aryl methyl sites for hydroxylation is 2. The number of benzene rings is 2. The zero-order valence-corrected chi connectivity index (χ0v) is 13.2. The van der Waals surface area contributed by atoms with Gasteiger partial charge in [-0.1, -0.05) is 37.3 Å². The lowest BCUT2D eigenvalue weighted by Crippen LogP contribution is -2.13. The fourth-order valence-electron chi connectivity index (χ4n) is 2.33. The summed E-state index contributed by atoms with van der Waals surface area (Å²) < 4.78 is 5.62. The van der Waals surface area contributed by atoms with E-state index in [1.165, 1.54) is 5.56 Å². The third kappa shape index (κ3) is 3.31. The van der Waals surface area contributed by atoms with Gasteiger partial charge >= 0.3 is 0 Å². The summed E-state index contributed by atoms with van der Waals surface area (Å²) in [5.74, 6) is 0.693. The van der Waals surface area contributed by atoms with Crippen molar-refractivity contribution in [2.45, 2.75) is 20.3 Å². The lowest BCUT2D eigenvalue weighted by molar-refractivity contribution is 0.102. The van der Waals surface area contributed by atoms with E-state index >= 15 is 0 Å². The Bertz CT molecular complexity index is 805. The summed E-state index contributed by atoms with van der Waals surface area (Å²) in [6.45, 7) is 3.84. The first kappa shape index (κ1) is 15.0. The van der Waals surface area contributed by atoms with Gasteiger partial charge in [0.15, 0.2) is 5.69 Å². The van der Waals surface area contributed by atoms with Crippen LogP contribution >= 0.6 is 0 Å². The molecule has 1 N–H and O–H groups in total. The van der Waals surface area contributed by atoms with Crippen molar-refractivity contribution in [2.24, 2.45) is 0 Å². The smallest absolute Gasteiger partial charge is 0.277 e. The third-order valence-corrected chi connectivity index (χ3v) is 3.65. The number of rotatable bonds is 4. The molecule has 0 unspecified atom stereocenters. The van der Waals surface area contributed by atoms with E-state index < -0.39 is 0 Å². The largest absolute Gasteiger partial charge is 0.441 e. The number of nitrogens with zero attached hydrogens (tertiary/aromatic N) is 1. The maximum Gasteiger partial charge on any atom is 0.277 e. The molecule has 0 saturated heterocycles. The van der Waals surface area contributed by atoms with Gasteiger partial charge in [-0.05, 0) is 43.2 Å². The van der Waals surface area contributed by atoms with Gasteiger partial charge in [0.25, 0.3) is 5.91 Å². The molecule has 1 amide bonds. The predicted octanol–water partition coefficient (Wildman–Crippen LogP) is 4.46. The van der Waals surface area contributed by atoms with Gasteiger partial charge in [-0.2, -0.15) is 0 Å². The first-order valence-electron chi connectivity index (χ1n) is 7.60. The Morgan fingerprint density at radius 1 is 1.09 bits per heavy atom. The van der Waals surface area contributed by atoms with Crippen LogP contribution in [0.3, 0.4) is 0 Å². The molecule has 23 heavy (non-hydrogen) atoms. The monoisotopic (exact) mass is 306 g/mol. The summed E-state index contributed by atoms with van der Waals surface area (Å²) in [7, 11) is 0. The Morgan fingerprint density at radius 2 is 1.78 bits per heavy atom. The standard InChI is InChI=1S/C19H18N2O2/c1-3-14-9-11-16(12-10-14)20-18(22)17-13(2)23-19(21-17)15-7-5-4-6-8-15/h4-12H,3H2,1-2H3,(H,20,22). The van der Waals surface area contributed by atoms with Crippen LogP contribution in [0.15, 0.2) is 59.0 Å². The Hall–Kier alpha value is -2.88. The van der Waals surface area contributed by atoms with Crippen molar-refractivity contribution in [1.82, 2.24) is 4.98 Å². The van der Waals surface area contributed by atoms with Crippen molar-refractivity contribution in [3.05, 3.63) is 71.6 Å². The van der Waals surface area contributed by atoms with Crippen LogP contribution in [0.25, 0.3) is 11.5 Å². The van der Waals surface area contributed by atoms with Gasteiger partial charge in [0, 0.05) is 11.3 Å². The van der Waals surface area contributed by atoms with Crippen LogP contribution in [0.5, 0.6) is 0 Å². The average Bonchev–Trinajstić information content (AvgIpc) is 2.98. The van der Waals surface area contributed by atoms with E-state index in [1.54, 1.807) is 6.92 Å². The quantitative estimate of drug-likeness (QED) is 0.774. The van der Waals surface area contributed by atoms with E-state index in [9.17, 15) is 4.79 Å². The highest BCUT2D eigenvalue weighted by Gasteiger charge is 2.18. The second-order valence-corrected chi connectivity index (χ2v) is 5.29. The number of carbonyl (C=O) groups excluding carboxylic acids is 1. The van der Waals surface area contributed by atoms with Crippen LogP contribution in [0, 0.1) is 6.92 Å². The highest BCUT2D eigenvalue weighted by atomic mass is 16.4. The zero-order chi connectivity index (χ0) is 16.2. The van der Waals surface area contributed by atoms with Gasteiger partial charge in [0.2, 0.25) is 5.89 Å². The minimum atomic E-state index is -0.266. The maximum atomic E-state index is 12.4. The van der Waals surface area contributed by atoms with Crippen molar-refractivity contribution in [1.29, 1.82) is 0 Å². The molecule has 116 valence electrons. The number of carbonyl (C=O) groups is 1. The fraction of sp³-hybridized carbons (Fsp3) is 0.158. The number of nitrogens with one attached hydrogen (secondary N) is 1. The molecule has 0 fully saturated rings. The minimum absolute atomic E-state index is 0.266. The molecule has 0 spiro atoms. The Morgan fingerprint density at radius 3 is 2.43 bits per heavy atom. The molecular formula is C19H18N2O2. The molecule has 0 aliphatic heterocycles. The summed E-state index contributed by atoms with van der Waals surface area (Å²) >= 11 is 0. The summed E-state index contributed by atoms with van der Waals surface area (Å²) in [6.07, 6.45) is 0.969. The van der Waals surface area contributed by atoms with Crippen molar-refractivity contribution < 1.29 is 9.21 Å². The highest BCUT2D eigenvalue weighted by molar-refractivity contribution is 6.03. The van der Waals surface area contributed by atoms with E-state index in [0.717, 1.165) is 17.7 Å². The first-order valence-corrected chi connectivity index (χ1v) is 7.60. The minimum Gasteiger partial charge on any atom is -0.441 e. The highest BCUT2D eigenvalue weighted by Crippen LogP contribution is 2.22. The Labute approximate surface area is 135 Å². The molecule has 2 aromatic carbocycles. The SMILES string of the molecule is CCc1ccc(NC(=O)c2nc(-c3ccccc3)oc2C)cc1. The van der Waals surface area contributed by atoms with Crippen molar-refractivity contribution in [3.63, 3.8) is 0 Å². The molecule has 3 aromatic rings. The lowest BCUT2D eigenvalue weighted by atomic mass is 10.1. The number of hydrogen-bond acceptors (Lipinski definition) is 3. The summed E-state index contributed by atoms with van der Waals surface area (Å²) in [4.78, 5) is 16.7. The van der Waals surface area contributed by atoms with Crippen LogP contribution in [0.2, 0.25) is 0 Å². The van der Waals surface area contributed by atoms with E-state index in [2.05, 4.69) is 17.2 Å². The number of anilines is 1. The second-order valence-electron chi connectivity index (χ2n) is 5.29. The maximum absolute atomic E-state index is 12.4. The Balaban J connectivity index is 1.81. The van der Waals surface area contributed by atoms with Crippen LogP contribution in [-0.4, -0.2) is 10.9 Å². The van der Waals surface area contributed by atoms with Crippen LogP contribution in [0.1, 0.15) is 28.7 Å². The molecule has 0 saturated carbocycles. The van der Waals surface area contributed by atoms with E-state index in [-0.39, 0.29) is 5.91 Å². The van der Waals surface area contributed by atoms with Gasteiger partial charge in [-0.3, -0.25) is 4.79 Å². The number of aromatic nitrogens is 1. The molecule has 0 aliphatic rings. The summed E-state index contributed by atoms with van der Waals surface area (Å²) in [6, 6.07) is 17.3. The van der Waals surface area contributed by atoms with Crippen molar-refractivity contribution >= 4 is 11.6 Å². The molecule has 0 aliphatic carbocycles. The molecule has 0 atom stereocenters. The fourth-order valence-corrected chi connectivity index (χ4v) is 2.33. The van der Waals surface area contributed by atoms with Gasteiger partial charge in [-0.15, -0.1) is 0 Å². The van der Waals surface area contributed by atoms with Gasteiger partial charge in [0.05, 0.1) is 0 Å². The number of hydrogen-bond donors (Lipinski definition) is 1. The zero-order valence-electron chi connectivity index (χ0n) is 13.2. The van der Waals surface area contributed by atoms with Crippen LogP contribution in [-0.2, 0) is 6.42 Å². The summed E-state index contributed by atoms with van der Waals surface area (Å²) in [5, 5.41) is 2.85. The van der Waals surface area contributed by atoms with Crippen LogP contribution in [0.4, 0.5) is 5.69 Å². The molecule has 0 radical (unpaired) electrons. The van der Waals surface area contributed by atoms with Crippen molar-refractivity contribution in [2.75, 3.05) is 5.32 Å². The average molecular weight is 306 g/mol. The van der Waals surface area contributed by atoms with Crippen LogP contribution < -0.4 is 5.32 Å². The first-order chi connectivity index (χ1) is 11.2. The normalized spacial score (nSPS) is 10.5. The molecule has 0 bridgehead atoms. The molecule has 3 rings (SSSR count). The third-order valence-electron chi connectivity index (χ3n) is 3.65. The lowest BCUT2D eigenvalue weighted by Gasteiger charge is -2.04. The number of oxazole rings is 1. The Kier molecular flexibility index (Phi) is 4.24. The van der Waals surface area contributed by atoms with Gasteiger partial charge < -0.3 is 9.73 Å². The molecule has 1 aromatic heterocycles. The van der Waals surface area contributed by atoms with E-state index in [0.29, 0.717) is 17.3 Å². The predicted molar refractivity (Wildman–Crippen MR) is 90.4 cm³/mol. The van der Waals surface area contributed by atoms with Gasteiger partial charge in [-0.25, -0.2) is 4.98 Å². The molecular weight excluding hydrogens is 288 g/mol. The molecule has 4 nitrogen and oxygen atoms in total. The molecule has 1 heterocycles. The summed E-state index contributed by atoms with van der Waals surface area (Å²) in [5.41, 5.74) is 3.13. The topological polar surface area (TPSA) is 55.1 Å².